The maximum Gasteiger partial charge on any atom is 0.254 e. The van der Waals surface area contributed by atoms with Crippen LogP contribution in [0.25, 0.3) is 0 Å². The molecule has 8 heteroatoms. The number of halogens is 1. The summed E-state index contributed by atoms with van der Waals surface area (Å²) in [6.45, 7) is 10.1. The molecule has 0 radical (unpaired) electrons. The normalized spacial score (nSPS) is 12.0. The monoisotopic (exact) mass is 426 g/mol. The molecule has 0 aliphatic heterocycles. The predicted octanol–water partition coefficient (Wildman–Crippen LogP) is 4.32. The highest BCUT2D eigenvalue weighted by Crippen LogP contribution is 2.27. The Bertz CT molecular complexity index is 933. The third-order valence-electron chi connectivity index (χ3n) is 4.51. The lowest BCUT2D eigenvalue weighted by Crippen LogP contribution is -2.36. The molecule has 0 bridgehead atoms. The molecule has 1 amide bonds. The highest BCUT2D eigenvalue weighted by molar-refractivity contribution is 7.89. The fourth-order valence-corrected chi connectivity index (χ4v) is 4.89. The summed E-state index contributed by atoms with van der Waals surface area (Å²) < 4.78 is 32.7. The van der Waals surface area contributed by atoms with Gasteiger partial charge in [-0.25, -0.2) is 8.42 Å². The number of furan rings is 1. The van der Waals surface area contributed by atoms with E-state index in [2.05, 4.69) is 0 Å². The zero-order chi connectivity index (χ0) is 21.1. The van der Waals surface area contributed by atoms with Crippen molar-refractivity contribution >= 4 is 27.5 Å². The molecule has 28 heavy (non-hydrogen) atoms. The Labute approximate surface area is 172 Å². The quantitative estimate of drug-likeness (QED) is 0.630. The van der Waals surface area contributed by atoms with Gasteiger partial charge in [0.2, 0.25) is 10.0 Å². The van der Waals surface area contributed by atoms with Crippen LogP contribution in [-0.2, 0) is 16.6 Å². The summed E-state index contributed by atoms with van der Waals surface area (Å²) in [7, 11) is -3.78. The van der Waals surface area contributed by atoms with Crippen LogP contribution in [0.5, 0.6) is 0 Å². The van der Waals surface area contributed by atoms with E-state index in [1.807, 2.05) is 32.9 Å². The molecule has 1 aromatic carbocycles. The van der Waals surface area contributed by atoms with Crippen molar-refractivity contribution in [3.05, 3.63) is 52.4 Å². The van der Waals surface area contributed by atoms with Crippen LogP contribution in [0.15, 0.2) is 39.6 Å². The van der Waals surface area contributed by atoms with E-state index in [9.17, 15) is 13.2 Å². The molecule has 0 saturated carbocycles. The maximum atomic E-state index is 13.1. The van der Waals surface area contributed by atoms with Crippen LogP contribution in [0, 0.1) is 6.92 Å². The van der Waals surface area contributed by atoms with E-state index in [-0.39, 0.29) is 27.4 Å². The van der Waals surface area contributed by atoms with Gasteiger partial charge >= 0.3 is 0 Å². The van der Waals surface area contributed by atoms with Gasteiger partial charge < -0.3 is 9.32 Å². The lowest BCUT2D eigenvalue weighted by molar-refractivity contribution is 0.0675. The van der Waals surface area contributed by atoms with Crippen molar-refractivity contribution in [2.75, 3.05) is 13.1 Å². The van der Waals surface area contributed by atoms with Gasteiger partial charge in [0, 0.05) is 24.7 Å². The van der Waals surface area contributed by atoms with Crippen LogP contribution in [0.4, 0.5) is 0 Å². The number of sulfonamides is 1. The van der Waals surface area contributed by atoms with Gasteiger partial charge in [0.1, 0.15) is 16.4 Å². The Balaban J connectivity index is 2.41. The number of carbonyl (C=O) groups is 1. The van der Waals surface area contributed by atoms with Gasteiger partial charge in [-0.15, -0.1) is 0 Å². The van der Waals surface area contributed by atoms with Gasteiger partial charge in [-0.2, -0.15) is 4.31 Å². The van der Waals surface area contributed by atoms with E-state index in [0.717, 1.165) is 5.76 Å². The molecule has 0 spiro atoms. The number of aryl methyl sites for hydroxylation is 1. The number of hydrogen-bond donors (Lipinski definition) is 0. The lowest BCUT2D eigenvalue weighted by atomic mass is 10.1. The molecule has 1 aromatic heterocycles. The van der Waals surface area contributed by atoms with E-state index in [0.29, 0.717) is 25.4 Å². The Morgan fingerprint density at radius 3 is 2.29 bits per heavy atom. The zero-order valence-corrected chi connectivity index (χ0v) is 18.5. The first-order chi connectivity index (χ1) is 13.1. The van der Waals surface area contributed by atoms with Crippen LogP contribution < -0.4 is 0 Å². The second-order valence-corrected chi connectivity index (χ2v) is 9.09. The van der Waals surface area contributed by atoms with Crippen molar-refractivity contribution in [3.8, 4) is 0 Å². The number of nitrogens with zero attached hydrogens (tertiary/aromatic N) is 2. The van der Waals surface area contributed by atoms with Crippen LogP contribution in [0.2, 0.25) is 5.02 Å². The third-order valence-corrected chi connectivity index (χ3v) is 7.04. The first kappa shape index (κ1) is 22.5. The van der Waals surface area contributed by atoms with Gasteiger partial charge in [-0.1, -0.05) is 25.4 Å². The fraction of sp³-hybridized carbons (Fsp3) is 0.450. The summed E-state index contributed by atoms with van der Waals surface area (Å²) in [6, 6.07) is 7.94. The topological polar surface area (TPSA) is 70.8 Å². The number of benzene rings is 1. The molecule has 6 nitrogen and oxygen atoms in total. The van der Waals surface area contributed by atoms with Crippen molar-refractivity contribution in [1.29, 1.82) is 0 Å². The summed E-state index contributed by atoms with van der Waals surface area (Å²) >= 11 is 6.17. The highest BCUT2D eigenvalue weighted by atomic mass is 35.5. The Morgan fingerprint density at radius 2 is 1.79 bits per heavy atom. The second kappa shape index (κ2) is 9.11. The number of amides is 1. The average Bonchev–Trinajstić information content (AvgIpc) is 3.05. The molecule has 0 atom stereocenters. The molecule has 154 valence electrons. The first-order valence-electron chi connectivity index (χ1n) is 9.27. The van der Waals surface area contributed by atoms with Crippen molar-refractivity contribution in [1.82, 2.24) is 9.21 Å². The van der Waals surface area contributed by atoms with E-state index in [1.54, 1.807) is 24.8 Å². The predicted molar refractivity (Wildman–Crippen MR) is 110 cm³/mol. The minimum atomic E-state index is -3.78. The largest absolute Gasteiger partial charge is 0.464 e. The number of hydrogen-bond acceptors (Lipinski definition) is 4. The molecule has 0 unspecified atom stereocenters. The molecule has 0 aliphatic rings. The van der Waals surface area contributed by atoms with E-state index < -0.39 is 10.0 Å². The average molecular weight is 427 g/mol. The molecular weight excluding hydrogens is 400 g/mol. The zero-order valence-electron chi connectivity index (χ0n) is 16.9. The smallest absolute Gasteiger partial charge is 0.254 e. The Kier molecular flexibility index (Phi) is 7.31. The Morgan fingerprint density at radius 1 is 1.14 bits per heavy atom. The molecular formula is C20H27ClN2O4S. The van der Waals surface area contributed by atoms with Gasteiger partial charge in [-0.05, 0) is 51.1 Å². The van der Waals surface area contributed by atoms with Crippen LogP contribution >= 0.6 is 11.6 Å². The summed E-state index contributed by atoms with van der Waals surface area (Å²) in [5.41, 5.74) is 0.270. The van der Waals surface area contributed by atoms with Crippen LogP contribution in [0.3, 0.4) is 0 Å². The van der Waals surface area contributed by atoms with Crippen molar-refractivity contribution < 1.29 is 17.6 Å². The minimum absolute atomic E-state index is 0.0544. The third kappa shape index (κ3) is 4.77. The van der Waals surface area contributed by atoms with E-state index in [4.69, 9.17) is 16.0 Å². The summed E-state index contributed by atoms with van der Waals surface area (Å²) in [5.74, 6) is 1.16. The molecule has 0 fully saturated rings. The fourth-order valence-electron chi connectivity index (χ4n) is 2.93. The number of rotatable bonds is 8. The standard InChI is InChI=1S/C20H27ClN2O4S/c1-6-22(7-2)28(25,26)19-12-16(9-11-18(19)21)20(24)23(14(3)4)13-17-10-8-15(5)27-17/h8-12,14H,6-7,13H2,1-5H3. The van der Waals surface area contributed by atoms with Gasteiger partial charge in [0.15, 0.2) is 0 Å². The number of carbonyl (C=O) groups excluding carboxylic acids is 1. The maximum absolute atomic E-state index is 13.1. The van der Waals surface area contributed by atoms with E-state index in [1.165, 1.54) is 16.4 Å². The van der Waals surface area contributed by atoms with E-state index >= 15 is 0 Å². The first-order valence-corrected chi connectivity index (χ1v) is 11.1. The molecule has 1 heterocycles. The highest BCUT2D eigenvalue weighted by Gasteiger charge is 2.27. The van der Waals surface area contributed by atoms with Crippen LogP contribution in [0.1, 0.15) is 49.6 Å². The van der Waals surface area contributed by atoms with Crippen molar-refractivity contribution in [2.24, 2.45) is 0 Å². The second-order valence-electron chi connectivity index (χ2n) is 6.77. The molecule has 0 saturated heterocycles. The van der Waals surface area contributed by atoms with Gasteiger partial charge in [0.05, 0.1) is 11.6 Å². The van der Waals surface area contributed by atoms with Crippen LogP contribution in [-0.4, -0.2) is 42.7 Å². The SMILES string of the molecule is CCN(CC)S(=O)(=O)c1cc(C(=O)N(Cc2ccc(C)o2)C(C)C)ccc1Cl. The molecule has 0 aliphatic carbocycles. The summed E-state index contributed by atoms with van der Waals surface area (Å²) in [6.07, 6.45) is 0. The molecule has 2 rings (SSSR count). The van der Waals surface area contributed by atoms with Crippen molar-refractivity contribution in [2.45, 2.75) is 52.1 Å². The Hall–Kier alpha value is -1.83. The van der Waals surface area contributed by atoms with Crippen molar-refractivity contribution in [3.63, 3.8) is 0 Å². The molecule has 0 N–H and O–H groups in total. The summed E-state index contributed by atoms with van der Waals surface area (Å²) in [4.78, 5) is 14.7. The summed E-state index contributed by atoms with van der Waals surface area (Å²) in [5, 5.41) is 0.0983. The minimum Gasteiger partial charge on any atom is -0.464 e. The lowest BCUT2D eigenvalue weighted by Gasteiger charge is -2.26. The molecule has 2 aromatic rings. The van der Waals surface area contributed by atoms with Gasteiger partial charge in [0.25, 0.3) is 5.91 Å². The van der Waals surface area contributed by atoms with Gasteiger partial charge in [-0.3, -0.25) is 4.79 Å².